The van der Waals surface area contributed by atoms with Crippen molar-refractivity contribution in [3.05, 3.63) is 29.3 Å². The summed E-state index contributed by atoms with van der Waals surface area (Å²) in [6.45, 7) is 0.689. The first-order valence-corrected chi connectivity index (χ1v) is 9.88. The Morgan fingerprint density at radius 2 is 2.00 bits per heavy atom. The minimum Gasteiger partial charge on any atom is -0.483 e. The molecule has 0 unspecified atom stereocenters. The van der Waals surface area contributed by atoms with Crippen molar-refractivity contribution >= 4 is 29.5 Å². The number of nitrogens with one attached hydrogen (secondary N) is 2. The number of amides is 5. The normalized spacial score (nSPS) is 18.7. The fourth-order valence-corrected chi connectivity index (χ4v) is 3.48. The van der Waals surface area contributed by atoms with Crippen LogP contribution in [-0.2, 0) is 14.4 Å². The van der Waals surface area contributed by atoms with Crippen molar-refractivity contribution in [2.24, 2.45) is 5.73 Å². The summed E-state index contributed by atoms with van der Waals surface area (Å²) in [5.41, 5.74) is 5.52. The molecule has 0 saturated carbocycles. The van der Waals surface area contributed by atoms with Gasteiger partial charge in [0.1, 0.15) is 11.8 Å². The second-order valence-electron chi connectivity index (χ2n) is 7.11. The number of nitrogens with zero attached hydrogens (tertiary/aromatic N) is 1. The van der Waals surface area contributed by atoms with Gasteiger partial charge < -0.3 is 15.8 Å². The summed E-state index contributed by atoms with van der Waals surface area (Å²) in [6.07, 6.45) is 2.27. The van der Waals surface area contributed by atoms with Crippen LogP contribution in [0.4, 0.5) is 0 Å². The van der Waals surface area contributed by atoms with E-state index in [1.165, 1.54) is 12.1 Å². The van der Waals surface area contributed by atoms with Crippen LogP contribution < -0.4 is 21.1 Å². The van der Waals surface area contributed by atoms with Gasteiger partial charge in [0.2, 0.25) is 11.8 Å². The molecule has 1 aromatic rings. The van der Waals surface area contributed by atoms with Crippen LogP contribution in [0.1, 0.15) is 52.8 Å². The van der Waals surface area contributed by atoms with Gasteiger partial charge in [0, 0.05) is 13.0 Å². The number of fused-ring (bicyclic) bond motifs is 1. The summed E-state index contributed by atoms with van der Waals surface area (Å²) in [7, 11) is 0. The first-order valence-electron chi connectivity index (χ1n) is 9.88. The smallest absolute Gasteiger partial charge is 0.266 e. The Balaban J connectivity index is 1.72. The molecule has 0 radical (unpaired) electrons. The van der Waals surface area contributed by atoms with E-state index in [2.05, 4.69) is 10.6 Å². The third kappa shape index (κ3) is 4.48. The van der Waals surface area contributed by atoms with Gasteiger partial charge in [-0.05, 0) is 44.4 Å². The van der Waals surface area contributed by atoms with Gasteiger partial charge >= 0.3 is 0 Å². The highest BCUT2D eigenvalue weighted by Crippen LogP contribution is 2.33. The molecule has 1 saturated heterocycles. The lowest BCUT2D eigenvalue weighted by Crippen LogP contribution is -2.49. The van der Waals surface area contributed by atoms with Gasteiger partial charge in [0.25, 0.3) is 17.7 Å². The van der Waals surface area contributed by atoms with Gasteiger partial charge in [-0.25, -0.2) is 0 Å². The third-order valence-corrected chi connectivity index (χ3v) is 4.98. The van der Waals surface area contributed by atoms with E-state index >= 15 is 0 Å². The van der Waals surface area contributed by atoms with E-state index in [0.29, 0.717) is 19.5 Å². The fourth-order valence-electron chi connectivity index (χ4n) is 3.48. The van der Waals surface area contributed by atoms with Crippen LogP contribution >= 0.6 is 0 Å². The molecule has 160 valence electrons. The minimum absolute atomic E-state index is 0.0156. The number of imide groups is 2. The molecule has 1 fully saturated rings. The summed E-state index contributed by atoms with van der Waals surface area (Å²) in [5, 5.41) is 4.89. The van der Waals surface area contributed by atoms with E-state index in [0.717, 1.165) is 17.7 Å². The zero-order chi connectivity index (χ0) is 21.7. The van der Waals surface area contributed by atoms with Gasteiger partial charge in [0.05, 0.1) is 11.1 Å². The Labute approximate surface area is 173 Å². The van der Waals surface area contributed by atoms with Crippen molar-refractivity contribution in [2.45, 2.75) is 38.1 Å². The summed E-state index contributed by atoms with van der Waals surface area (Å²) in [6, 6.07) is 3.43. The molecule has 30 heavy (non-hydrogen) atoms. The molecule has 10 nitrogen and oxygen atoms in total. The zero-order valence-electron chi connectivity index (χ0n) is 16.4. The summed E-state index contributed by atoms with van der Waals surface area (Å²) in [4.78, 5) is 62.5. The number of hydrogen-bond acceptors (Lipinski definition) is 7. The number of benzene rings is 1. The quantitative estimate of drug-likeness (QED) is 0.390. The summed E-state index contributed by atoms with van der Waals surface area (Å²) in [5.74, 6) is -2.67. The molecule has 10 heteroatoms. The van der Waals surface area contributed by atoms with E-state index in [9.17, 15) is 24.0 Å². The monoisotopic (exact) mass is 416 g/mol. The average molecular weight is 416 g/mol. The van der Waals surface area contributed by atoms with Crippen LogP contribution in [-0.4, -0.2) is 60.2 Å². The lowest BCUT2D eigenvalue weighted by atomic mass is 10.1. The van der Waals surface area contributed by atoms with E-state index in [4.69, 9.17) is 10.5 Å². The molecule has 2 aliphatic rings. The molecular formula is C20H24N4O6. The van der Waals surface area contributed by atoms with Crippen molar-refractivity contribution in [1.82, 2.24) is 15.5 Å². The van der Waals surface area contributed by atoms with Crippen LogP contribution in [0.25, 0.3) is 0 Å². The van der Waals surface area contributed by atoms with Crippen LogP contribution in [0.3, 0.4) is 0 Å². The predicted octanol–water partition coefficient (Wildman–Crippen LogP) is -0.288. The maximum absolute atomic E-state index is 13.0. The highest BCUT2D eigenvalue weighted by molar-refractivity contribution is 6.24. The topological polar surface area (TPSA) is 148 Å². The number of unbranched alkanes of at least 4 members (excludes halogenated alkanes) is 1. The first kappa shape index (κ1) is 21.4. The molecule has 1 aromatic carbocycles. The number of nitrogens with two attached hydrogens (primary N) is 1. The van der Waals surface area contributed by atoms with Crippen molar-refractivity contribution in [2.75, 3.05) is 19.7 Å². The number of ether oxygens (including phenoxy) is 1. The molecule has 4 N–H and O–H groups in total. The van der Waals surface area contributed by atoms with Gasteiger partial charge in [-0.15, -0.1) is 0 Å². The summed E-state index contributed by atoms with van der Waals surface area (Å²) >= 11 is 0. The minimum atomic E-state index is -1.07. The van der Waals surface area contributed by atoms with Crippen molar-refractivity contribution in [3.8, 4) is 5.75 Å². The highest BCUT2D eigenvalue weighted by Gasteiger charge is 2.45. The van der Waals surface area contributed by atoms with Gasteiger partial charge in [0.15, 0.2) is 6.61 Å². The van der Waals surface area contributed by atoms with Crippen molar-refractivity contribution in [3.63, 3.8) is 0 Å². The van der Waals surface area contributed by atoms with Crippen LogP contribution in [0.2, 0.25) is 0 Å². The second-order valence-corrected chi connectivity index (χ2v) is 7.11. The second kappa shape index (κ2) is 9.49. The molecular weight excluding hydrogens is 392 g/mol. The molecule has 0 bridgehead atoms. The maximum atomic E-state index is 13.0. The molecule has 2 heterocycles. The predicted molar refractivity (Wildman–Crippen MR) is 105 cm³/mol. The number of hydrogen-bond donors (Lipinski definition) is 3. The summed E-state index contributed by atoms with van der Waals surface area (Å²) < 4.78 is 5.50. The van der Waals surface area contributed by atoms with Gasteiger partial charge in [-0.2, -0.15) is 0 Å². The Kier molecular flexibility index (Phi) is 6.78. The molecule has 0 spiro atoms. The van der Waals surface area contributed by atoms with Gasteiger partial charge in [-0.3, -0.25) is 34.2 Å². The molecule has 5 amide bonds. The fraction of sp³-hybridized carbons (Fsp3) is 0.450. The lowest BCUT2D eigenvalue weighted by Gasteiger charge is -2.23. The van der Waals surface area contributed by atoms with Gasteiger partial charge in [-0.1, -0.05) is 6.07 Å². The molecule has 1 atom stereocenters. The van der Waals surface area contributed by atoms with Crippen LogP contribution in [0, 0.1) is 0 Å². The Morgan fingerprint density at radius 3 is 2.77 bits per heavy atom. The molecule has 0 aliphatic carbocycles. The van der Waals surface area contributed by atoms with E-state index < -0.39 is 29.7 Å². The van der Waals surface area contributed by atoms with E-state index in [-0.39, 0.29) is 42.2 Å². The Bertz CT molecular complexity index is 884. The van der Waals surface area contributed by atoms with Crippen molar-refractivity contribution < 1.29 is 28.7 Å². The van der Waals surface area contributed by atoms with E-state index in [1.807, 2.05) is 0 Å². The Hall–Kier alpha value is -3.27. The average Bonchev–Trinajstić information content (AvgIpc) is 2.86. The van der Waals surface area contributed by atoms with Crippen molar-refractivity contribution in [1.29, 1.82) is 0 Å². The zero-order valence-corrected chi connectivity index (χ0v) is 16.4. The molecule has 3 rings (SSSR count). The standard InChI is InChI=1S/C20H24N4O6/c21-9-1-2-10-22-16(26)11-30-14-7-3-5-12-17(14)20(29)24(19(12)28)13-6-4-8-15(25)23-18(13)27/h3,5,7,13H,1-2,4,6,8-11,21H2,(H,22,26)(H,23,25,27)/t13-/m0/s1. The molecule has 2 aliphatic heterocycles. The largest absolute Gasteiger partial charge is 0.483 e. The third-order valence-electron chi connectivity index (χ3n) is 4.98. The SMILES string of the molecule is NCCCCNC(=O)COc1cccc2c1C(=O)N([C@H]1CCCC(=O)NC1=O)C2=O. The lowest BCUT2D eigenvalue weighted by molar-refractivity contribution is -0.131. The first-order chi connectivity index (χ1) is 14.4. The Morgan fingerprint density at radius 1 is 1.20 bits per heavy atom. The highest BCUT2D eigenvalue weighted by atomic mass is 16.5. The van der Waals surface area contributed by atoms with E-state index in [1.54, 1.807) is 6.07 Å². The number of carbonyl (C=O) groups excluding carboxylic acids is 5. The van der Waals surface area contributed by atoms with Crippen LogP contribution in [0.5, 0.6) is 5.75 Å². The number of carbonyl (C=O) groups is 5. The number of rotatable bonds is 8. The molecule has 0 aromatic heterocycles. The maximum Gasteiger partial charge on any atom is 0.266 e. The van der Waals surface area contributed by atoms with Crippen LogP contribution in [0.15, 0.2) is 18.2 Å².